The zero-order valence-electron chi connectivity index (χ0n) is 9.28. The van der Waals surface area contributed by atoms with Gasteiger partial charge in [0.05, 0.1) is 26.9 Å². The summed E-state index contributed by atoms with van der Waals surface area (Å²) in [6.07, 6.45) is 0. The Kier molecular flexibility index (Phi) is 3.94. The second kappa shape index (κ2) is 5.00. The second-order valence-electron chi connectivity index (χ2n) is 3.30. The van der Waals surface area contributed by atoms with Crippen LogP contribution in [0.4, 0.5) is 0 Å². The third kappa shape index (κ3) is 2.22. The van der Waals surface area contributed by atoms with Crippen molar-refractivity contribution < 1.29 is 14.6 Å². The normalized spacial score (nSPS) is 12.3. The van der Waals surface area contributed by atoms with Crippen LogP contribution in [0, 0.1) is 6.92 Å². The molecular formula is C11H17NO3. The Bertz CT molecular complexity index is 339. The molecule has 3 N–H and O–H groups in total. The van der Waals surface area contributed by atoms with E-state index in [4.69, 9.17) is 20.3 Å². The molecule has 0 saturated heterocycles. The maximum atomic E-state index is 9.01. The molecule has 0 unspecified atom stereocenters. The summed E-state index contributed by atoms with van der Waals surface area (Å²) >= 11 is 0. The van der Waals surface area contributed by atoms with E-state index in [1.807, 2.05) is 19.1 Å². The number of nitrogens with two attached hydrogens (primary N) is 1. The Balaban J connectivity index is 3.24. The third-order valence-electron chi connectivity index (χ3n) is 2.41. The van der Waals surface area contributed by atoms with Crippen molar-refractivity contribution in [3.63, 3.8) is 0 Å². The van der Waals surface area contributed by atoms with Crippen LogP contribution in [0.2, 0.25) is 0 Å². The fourth-order valence-electron chi connectivity index (χ4n) is 1.58. The van der Waals surface area contributed by atoms with Crippen molar-refractivity contribution in [2.45, 2.75) is 13.0 Å². The van der Waals surface area contributed by atoms with Crippen LogP contribution in [0.1, 0.15) is 17.2 Å². The van der Waals surface area contributed by atoms with Crippen molar-refractivity contribution in [1.29, 1.82) is 0 Å². The number of rotatable bonds is 4. The van der Waals surface area contributed by atoms with Gasteiger partial charge in [-0.3, -0.25) is 0 Å². The van der Waals surface area contributed by atoms with Crippen LogP contribution < -0.4 is 15.2 Å². The van der Waals surface area contributed by atoms with Gasteiger partial charge in [-0.05, 0) is 19.1 Å². The van der Waals surface area contributed by atoms with E-state index in [2.05, 4.69) is 0 Å². The van der Waals surface area contributed by atoms with Crippen molar-refractivity contribution in [3.05, 3.63) is 23.3 Å². The highest BCUT2D eigenvalue weighted by molar-refractivity contribution is 5.50. The number of benzene rings is 1. The van der Waals surface area contributed by atoms with E-state index >= 15 is 0 Å². The summed E-state index contributed by atoms with van der Waals surface area (Å²) in [6.45, 7) is 1.79. The van der Waals surface area contributed by atoms with Gasteiger partial charge in [0, 0.05) is 11.1 Å². The monoisotopic (exact) mass is 211 g/mol. The van der Waals surface area contributed by atoms with E-state index in [1.165, 1.54) is 0 Å². The minimum Gasteiger partial charge on any atom is -0.496 e. The van der Waals surface area contributed by atoms with Gasteiger partial charge in [-0.1, -0.05) is 0 Å². The summed E-state index contributed by atoms with van der Waals surface area (Å²) in [7, 11) is 3.18. The van der Waals surface area contributed by atoms with E-state index in [1.54, 1.807) is 14.2 Å². The van der Waals surface area contributed by atoms with Crippen molar-refractivity contribution >= 4 is 0 Å². The van der Waals surface area contributed by atoms with Crippen LogP contribution in [0.25, 0.3) is 0 Å². The first-order chi connectivity index (χ1) is 7.15. The molecule has 1 atom stereocenters. The van der Waals surface area contributed by atoms with E-state index in [0.717, 1.165) is 16.9 Å². The molecule has 15 heavy (non-hydrogen) atoms. The van der Waals surface area contributed by atoms with E-state index in [0.29, 0.717) is 5.75 Å². The maximum Gasteiger partial charge on any atom is 0.130 e. The van der Waals surface area contributed by atoms with Crippen LogP contribution in [-0.2, 0) is 0 Å². The molecule has 0 bridgehead atoms. The fourth-order valence-corrected chi connectivity index (χ4v) is 1.58. The molecule has 0 spiro atoms. The lowest BCUT2D eigenvalue weighted by atomic mass is 10.0. The lowest BCUT2D eigenvalue weighted by Gasteiger charge is -2.17. The van der Waals surface area contributed by atoms with Crippen LogP contribution in [0.5, 0.6) is 11.5 Å². The molecule has 0 aliphatic heterocycles. The van der Waals surface area contributed by atoms with E-state index in [9.17, 15) is 0 Å². The first-order valence-electron chi connectivity index (χ1n) is 4.73. The summed E-state index contributed by atoms with van der Waals surface area (Å²) in [6, 6.07) is 3.21. The minimum absolute atomic E-state index is 0.109. The highest BCUT2D eigenvalue weighted by Gasteiger charge is 2.15. The third-order valence-corrected chi connectivity index (χ3v) is 2.41. The summed E-state index contributed by atoms with van der Waals surface area (Å²) in [5.41, 5.74) is 7.44. The van der Waals surface area contributed by atoms with Gasteiger partial charge < -0.3 is 20.3 Å². The van der Waals surface area contributed by atoms with Crippen molar-refractivity contribution in [3.8, 4) is 11.5 Å². The van der Waals surface area contributed by atoms with Crippen LogP contribution in [0.15, 0.2) is 12.1 Å². The van der Waals surface area contributed by atoms with Gasteiger partial charge in [-0.2, -0.15) is 0 Å². The second-order valence-corrected chi connectivity index (χ2v) is 3.30. The number of methoxy groups -OCH3 is 2. The molecule has 0 aliphatic carbocycles. The molecule has 0 aliphatic rings. The first-order valence-corrected chi connectivity index (χ1v) is 4.73. The van der Waals surface area contributed by atoms with Crippen LogP contribution in [0.3, 0.4) is 0 Å². The zero-order chi connectivity index (χ0) is 11.4. The minimum atomic E-state index is -0.426. The first kappa shape index (κ1) is 11.8. The fraction of sp³-hybridized carbons (Fsp3) is 0.455. The van der Waals surface area contributed by atoms with Gasteiger partial charge >= 0.3 is 0 Å². The molecule has 0 aromatic heterocycles. The predicted octanol–water partition coefficient (Wildman–Crippen LogP) is 1.00. The predicted molar refractivity (Wildman–Crippen MR) is 58.3 cm³/mol. The molecule has 1 aromatic carbocycles. The number of hydrogen-bond acceptors (Lipinski definition) is 4. The molecule has 0 heterocycles. The van der Waals surface area contributed by atoms with Gasteiger partial charge in [0.25, 0.3) is 0 Å². The number of aliphatic hydroxyl groups is 1. The molecule has 84 valence electrons. The average Bonchev–Trinajstić information content (AvgIpc) is 2.27. The lowest BCUT2D eigenvalue weighted by Crippen LogP contribution is -2.16. The number of ether oxygens (including phenoxy) is 2. The van der Waals surface area contributed by atoms with Gasteiger partial charge in [-0.15, -0.1) is 0 Å². The van der Waals surface area contributed by atoms with Crippen molar-refractivity contribution in [2.24, 2.45) is 5.73 Å². The molecule has 4 heteroatoms. The van der Waals surface area contributed by atoms with E-state index in [-0.39, 0.29) is 6.61 Å². The molecule has 0 fully saturated rings. The Labute approximate surface area is 89.6 Å². The lowest BCUT2D eigenvalue weighted by molar-refractivity contribution is 0.264. The smallest absolute Gasteiger partial charge is 0.130 e. The molecule has 0 amide bonds. The Morgan fingerprint density at radius 1 is 1.33 bits per heavy atom. The van der Waals surface area contributed by atoms with Crippen LogP contribution >= 0.6 is 0 Å². The van der Waals surface area contributed by atoms with Gasteiger partial charge in [-0.25, -0.2) is 0 Å². The summed E-state index contributed by atoms with van der Waals surface area (Å²) in [5, 5.41) is 9.01. The maximum absolute atomic E-state index is 9.01. The van der Waals surface area contributed by atoms with Gasteiger partial charge in [0.2, 0.25) is 0 Å². The SMILES string of the molecule is COc1ccc([C@H](N)CO)c(OC)c1C. The van der Waals surface area contributed by atoms with E-state index < -0.39 is 6.04 Å². The molecule has 0 radical (unpaired) electrons. The van der Waals surface area contributed by atoms with Gasteiger partial charge in [0.1, 0.15) is 11.5 Å². The standard InChI is InChI=1S/C11H17NO3/c1-7-10(14-2)5-4-8(9(12)6-13)11(7)15-3/h4-5,9,13H,6,12H2,1-3H3/t9-/m1/s1. The summed E-state index contributed by atoms with van der Waals surface area (Å²) < 4.78 is 10.4. The molecular weight excluding hydrogens is 194 g/mol. The zero-order valence-corrected chi connectivity index (χ0v) is 9.28. The quantitative estimate of drug-likeness (QED) is 0.780. The summed E-state index contributed by atoms with van der Waals surface area (Å²) in [4.78, 5) is 0. The number of aliphatic hydroxyl groups excluding tert-OH is 1. The highest BCUT2D eigenvalue weighted by Crippen LogP contribution is 2.33. The Morgan fingerprint density at radius 2 is 2.00 bits per heavy atom. The number of hydrogen-bond donors (Lipinski definition) is 2. The molecule has 1 rings (SSSR count). The topological polar surface area (TPSA) is 64.7 Å². The molecule has 0 saturated carbocycles. The Morgan fingerprint density at radius 3 is 2.47 bits per heavy atom. The van der Waals surface area contributed by atoms with Crippen molar-refractivity contribution in [2.75, 3.05) is 20.8 Å². The summed E-state index contributed by atoms with van der Waals surface area (Å²) in [5.74, 6) is 1.43. The van der Waals surface area contributed by atoms with Crippen LogP contribution in [-0.4, -0.2) is 25.9 Å². The average molecular weight is 211 g/mol. The molecule has 1 aromatic rings. The largest absolute Gasteiger partial charge is 0.496 e. The molecule has 4 nitrogen and oxygen atoms in total. The highest BCUT2D eigenvalue weighted by atomic mass is 16.5. The van der Waals surface area contributed by atoms with Gasteiger partial charge in [0.15, 0.2) is 0 Å². The van der Waals surface area contributed by atoms with Crippen molar-refractivity contribution in [1.82, 2.24) is 0 Å². The Hall–Kier alpha value is -1.26.